The first-order valence-corrected chi connectivity index (χ1v) is 7.47. The number of aliphatic hydroxyl groups is 1. The normalized spacial score (nSPS) is 15.4. The Morgan fingerprint density at radius 1 is 1.30 bits per heavy atom. The van der Waals surface area contributed by atoms with Crippen LogP contribution < -0.4 is 0 Å². The lowest BCUT2D eigenvalue weighted by atomic mass is 10.1. The van der Waals surface area contributed by atoms with E-state index >= 15 is 0 Å². The fourth-order valence-electron chi connectivity index (χ4n) is 2.05. The van der Waals surface area contributed by atoms with Gasteiger partial charge in [-0.05, 0) is 37.7 Å². The predicted octanol–water partition coefficient (Wildman–Crippen LogP) is 1.51. The Morgan fingerprint density at radius 2 is 1.83 bits per heavy atom. The molecule has 0 bridgehead atoms. The summed E-state index contributed by atoms with van der Waals surface area (Å²) in [7, 11) is 2.00. The zero-order valence-corrected chi connectivity index (χ0v) is 13.5. The fraction of sp³-hybridized carbons (Fsp3) is 0.412. The standard InChI is InChI=1S/C15H16FN3O.C2H6O/c1-18-6-8-19(9-7-18)15(20)13(11-17)10-12-2-4-14(16)5-3-12;1-2-3/h2-5,10H,6-9H2,1H3;3H,2H2,1H3/b13-10-;. The second-order valence-electron chi connectivity index (χ2n) is 5.13. The summed E-state index contributed by atoms with van der Waals surface area (Å²) in [5.74, 6) is -0.601. The molecule has 0 radical (unpaired) electrons. The van der Waals surface area contributed by atoms with E-state index in [0.717, 1.165) is 13.1 Å². The minimum atomic E-state index is -0.342. The molecule has 1 aromatic rings. The summed E-state index contributed by atoms with van der Waals surface area (Å²) in [5, 5.41) is 16.7. The van der Waals surface area contributed by atoms with E-state index in [0.29, 0.717) is 18.7 Å². The zero-order chi connectivity index (χ0) is 17.2. The average Bonchev–Trinajstić information content (AvgIpc) is 2.55. The topological polar surface area (TPSA) is 67.6 Å². The number of benzene rings is 1. The summed E-state index contributed by atoms with van der Waals surface area (Å²) in [6.45, 7) is 4.79. The molecule has 1 saturated heterocycles. The van der Waals surface area contributed by atoms with Crippen LogP contribution in [0, 0.1) is 17.1 Å². The number of carbonyl (C=O) groups excluding carboxylic acids is 1. The summed E-state index contributed by atoms with van der Waals surface area (Å²) >= 11 is 0. The summed E-state index contributed by atoms with van der Waals surface area (Å²) in [5.41, 5.74) is 0.728. The van der Waals surface area contributed by atoms with Crippen molar-refractivity contribution in [1.82, 2.24) is 9.80 Å². The van der Waals surface area contributed by atoms with Gasteiger partial charge in [-0.3, -0.25) is 4.79 Å². The van der Waals surface area contributed by atoms with Crippen LogP contribution in [0.4, 0.5) is 4.39 Å². The average molecular weight is 319 g/mol. The molecule has 2 rings (SSSR count). The highest BCUT2D eigenvalue weighted by Gasteiger charge is 2.21. The van der Waals surface area contributed by atoms with E-state index in [1.54, 1.807) is 24.0 Å². The molecule has 1 aliphatic rings. The van der Waals surface area contributed by atoms with Crippen LogP contribution in [0.15, 0.2) is 29.8 Å². The van der Waals surface area contributed by atoms with Gasteiger partial charge >= 0.3 is 0 Å². The van der Waals surface area contributed by atoms with E-state index in [-0.39, 0.29) is 23.9 Å². The first-order valence-electron chi connectivity index (χ1n) is 7.47. The summed E-state index contributed by atoms with van der Waals surface area (Å²) in [4.78, 5) is 16.1. The van der Waals surface area contributed by atoms with Gasteiger partial charge in [-0.1, -0.05) is 12.1 Å². The van der Waals surface area contributed by atoms with Crippen LogP contribution in [0.25, 0.3) is 6.08 Å². The Morgan fingerprint density at radius 3 is 2.30 bits per heavy atom. The first kappa shape index (κ1) is 18.8. The molecule has 1 N–H and O–H groups in total. The van der Waals surface area contributed by atoms with Crippen molar-refractivity contribution < 1.29 is 14.3 Å². The van der Waals surface area contributed by atoms with Crippen molar-refractivity contribution in [1.29, 1.82) is 5.26 Å². The molecule has 23 heavy (non-hydrogen) atoms. The van der Waals surface area contributed by atoms with E-state index in [1.165, 1.54) is 18.2 Å². The third-order valence-electron chi connectivity index (χ3n) is 3.32. The number of hydrogen-bond acceptors (Lipinski definition) is 4. The molecule has 0 aromatic heterocycles. The van der Waals surface area contributed by atoms with E-state index in [2.05, 4.69) is 4.90 Å². The lowest BCUT2D eigenvalue weighted by Crippen LogP contribution is -2.47. The quantitative estimate of drug-likeness (QED) is 0.663. The number of rotatable bonds is 2. The minimum absolute atomic E-state index is 0.0844. The number of halogens is 1. The smallest absolute Gasteiger partial charge is 0.264 e. The Balaban J connectivity index is 0.000000816. The van der Waals surface area contributed by atoms with Crippen LogP contribution in [-0.2, 0) is 4.79 Å². The third-order valence-corrected chi connectivity index (χ3v) is 3.32. The van der Waals surface area contributed by atoms with Crippen LogP contribution in [0.1, 0.15) is 12.5 Å². The number of nitrogens with zero attached hydrogens (tertiary/aromatic N) is 3. The van der Waals surface area contributed by atoms with Gasteiger partial charge in [0.1, 0.15) is 17.5 Å². The largest absolute Gasteiger partial charge is 0.397 e. The maximum absolute atomic E-state index is 12.8. The molecular weight excluding hydrogens is 297 g/mol. The van der Waals surface area contributed by atoms with E-state index < -0.39 is 0 Å². The molecule has 1 heterocycles. The van der Waals surface area contributed by atoms with Crippen LogP contribution >= 0.6 is 0 Å². The zero-order valence-electron chi connectivity index (χ0n) is 13.5. The van der Waals surface area contributed by atoms with Crippen LogP contribution in [0.3, 0.4) is 0 Å². The number of hydrogen-bond donors (Lipinski definition) is 1. The van der Waals surface area contributed by atoms with Gasteiger partial charge < -0.3 is 14.9 Å². The predicted molar refractivity (Wildman–Crippen MR) is 86.8 cm³/mol. The molecule has 0 spiro atoms. The van der Waals surface area contributed by atoms with Gasteiger partial charge in [0.25, 0.3) is 5.91 Å². The molecule has 0 unspecified atom stereocenters. The lowest BCUT2D eigenvalue weighted by Gasteiger charge is -2.32. The van der Waals surface area contributed by atoms with Crippen molar-refractivity contribution >= 4 is 12.0 Å². The number of carbonyl (C=O) groups is 1. The van der Waals surface area contributed by atoms with E-state index in [1.807, 2.05) is 13.1 Å². The molecule has 0 aliphatic carbocycles. The second kappa shape index (κ2) is 9.72. The van der Waals surface area contributed by atoms with Crippen LogP contribution in [-0.4, -0.2) is 60.6 Å². The van der Waals surface area contributed by atoms with E-state index in [4.69, 9.17) is 10.4 Å². The molecule has 1 aliphatic heterocycles. The van der Waals surface area contributed by atoms with Gasteiger partial charge in [-0.15, -0.1) is 0 Å². The van der Waals surface area contributed by atoms with Gasteiger partial charge in [0.2, 0.25) is 0 Å². The second-order valence-corrected chi connectivity index (χ2v) is 5.13. The van der Waals surface area contributed by atoms with Crippen molar-refractivity contribution in [2.24, 2.45) is 0 Å². The van der Waals surface area contributed by atoms with Gasteiger partial charge in [0, 0.05) is 32.8 Å². The molecule has 1 fully saturated rings. The molecular formula is C17H22FN3O2. The number of piperazine rings is 1. The Labute approximate surface area is 136 Å². The Hall–Kier alpha value is -2.23. The summed E-state index contributed by atoms with van der Waals surface area (Å²) in [6.07, 6.45) is 1.50. The van der Waals surface area contributed by atoms with Gasteiger partial charge in [-0.25, -0.2) is 4.39 Å². The Kier molecular flexibility index (Phi) is 7.95. The maximum atomic E-state index is 12.8. The SMILES string of the molecule is CCO.CN1CCN(C(=O)/C(C#N)=C\c2ccc(F)cc2)CC1. The maximum Gasteiger partial charge on any atom is 0.264 e. The van der Waals surface area contributed by atoms with Crippen LogP contribution in [0.2, 0.25) is 0 Å². The van der Waals surface area contributed by atoms with Gasteiger partial charge in [0.15, 0.2) is 0 Å². The minimum Gasteiger partial charge on any atom is -0.397 e. The molecule has 0 saturated carbocycles. The molecule has 1 aromatic carbocycles. The van der Waals surface area contributed by atoms with Gasteiger partial charge in [-0.2, -0.15) is 5.26 Å². The Bertz CT molecular complexity index is 570. The van der Waals surface area contributed by atoms with Gasteiger partial charge in [0.05, 0.1) is 0 Å². The highest BCUT2D eigenvalue weighted by molar-refractivity contribution is 6.01. The molecule has 1 amide bonds. The van der Waals surface area contributed by atoms with Crippen molar-refractivity contribution in [3.8, 4) is 6.07 Å². The molecule has 5 nitrogen and oxygen atoms in total. The molecule has 6 heteroatoms. The number of likely N-dealkylation sites (N-methyl/N-ethyl adjacent to an activating group) is 1. The summed E-state index contributed by atoms with van der Waals surface area (Å²) < 4.78 is 12.8. The number of amides is 1. The van der Waals surface area contributed by atoms with E-state index in [9.17, 15) is 9.18 Å². The molecule has 124 valence electrons. The monoisotopic (exact) mass is 319 g/mol. The van der Waals surface area contributed by atoms with Crippen molar-refractivity contribution in [3.05, 3.63) is 41.2 Å². The third kappa shape index (κ3) is 6.19. The van der Waals surface area contributed by atoms with Crippen molar-refractivity contribution in [3.63, 3.8) is 0 Å². The highest BCUT2D eigenvalue weighted by atomic mass is 19.1. The first-order chi connectivity index (χ1) is 11.0. The molecule has 0 atom stereocenters. The summed E-state index contributed by atoms with van der Waals surface area (Å²) in [6, 6.07) is 7.64. The van der Waals surface area contributed by atoms with Crippen molar-refractivity contribution in [2.75, 3.05) is 39.8 Å². The van der Waals surface area contributed by atoms with Crippen molar-refractivity contribution in [2.45, 2.75) is 6.92 Å². The lowest BCUT2D eigenvalue weighted by molar-refractivity contribution is -0.128. The number of nitriles is 1. The highest BCUT2D eigenvalue weighted by Crippen LogP contribution is 2.11. The van der Waals surface area contributed by atoms with Crippen LogP contribution in [0.5, 0.6) is 0 Å². The number of aliphatic hydroxyl groups excluding tert-OH is 1. The fourth-order valence-corrected chi connectivity index (χ4v) is 2.05.